The number of carboxylic acid groups (broad SMARTS) is 1. The minimum Gasteiger partial charge on any atom is -0.479 e. The van der Waals surface area contributed by atoms with Crippen LogP contribution in [0.2, 0.25) is 0 Å². The third-order valence-electron chi connectivity index (χ3n) is 5.13. The highest BCUT2D eigenvalue weighted by molar-refractivity contribution is 5.73. The molecule has 9 atom stereocenters. The molecule has 0 aromatic carbocycles. The highest BCUT2D eigenvalue weighted by atomic mass is 16.7. The molecule has 0 aliphatic carbocycles. The van der Waals surface area contributed by atoms with Crippen molar-refractivity contribution in [3.63, 3.8) is 0 Å². The van der Waals surface area contributed by atoms with Crippen molar-refractivity contribution in [2.24, 2.45) is 0 Å². The quantitative estimate of drug-likeness (QED) is 0.467. The number of hydrogen-bond acceptors (Lipinski definition) is 10. The van der Waals surface area contributed by atoms with Crippen molar-refractivity contribution in [1.82, 2.24) is 0 Å². The van der Waals surface area contributed by atoms with E-state index in [1.807, 2.05) is 0 Å². The molecule has 164 valence electrons. The molecule has 0 radical (unpaired) electrons. The van der Waals surface area contributed by atoms with E-state index in [9.17, 15) is 15.0 Å². The summed E-state index contributed by atoms with van der Waals surface area (Å²) in [6, 6.07) is 0. The maximum Gasteiger partial charge on any atom is 0.335 e. The van der Waals surface area contributed by atoms with E-state index in [0.717, 1.165) is 0 Å². The summed E-state index contributed by atoms with van der Waals surface area (Å²) in [7, 11) is 7.29. The van der Waals surface area contributed by atoms with Crippen LogP contribution in [0.1, 0.15) is 0 Å². The Bertz CT molecular complexity index is 490. The van der Waals surface area contributed by atoms with Gasteiger partial charge in [-0.2, -0.15) is 0 Å². The summed E-state index contributed by atoms with van der Waals surface area (Å²) in [4.78, 5) is 11.7. The first-order valence-electron chi connectivity index (χ1n) is 8.87. The Morgan fingerprint density at radius 3 is 1.96 bits per heavy atom. The molecule has 0 amide bonds. The van der Waals surface area contributed by atoms with Crippen molar-refractivity contribution in [1.29, 1.82) is 0 Å². The third kappa shape index (κ3) is 4.64. The Balaban J connectivity index is 2.30. The second kappa shape index (κ2) is 10.8. The van der Waals surface area contributed by atoms with Crippen molar-refractivity contribution in [2.45, 2.75) is 55.1 Å². The van der Waals surface area contributed by atoms with Gasteiger partial charge in [0.15, 0.2) is 12.4 Å². The Morgan fingerprint density at radius 1 is 0.893 bits per heavy atom. The monoisotopic (exact) mass is 410 g/mol. The molecule has 2 N–H and O–H groups in total. The molecule has 2 heterocycles. The van der Waals surface area contributed by atoms with Crippen LogP contribution in [-0.2, 0) is 42.7 Å². The fourth-order valence-corrected chi connectivity index (χ4v) is 3.71. The number of aliphatic hydroxyl groups is 1. The van der Waals surface area contributed by atoms with Crippen molar-refractivity contribution in [3.05, 3.63) is 0 Å². The maximum absolute atomic E-state index is 11.7. The molecule has 0 aromatic rings. The molecular formula is C17H30O11. The fraction of sp³-hybridized carbons (Fsp3) is 0.941. The van der Waals surface area contributed by atoms with Crippen molar-refractivity contribution in [2.75, 3.05) is 48.8 Å². The Kier molecular flexibility index (Phi) is 8.99. The van der Waals surface area contributed by atoms with Crippen LogP contribution in [0.4, 0.5) is 0 Å². The number of carboxylic acids is 1. The fourth-order valence-electron chi connectivity index (χ4n) is 3.71. The van der Waals surface area contributed by atoms with E-state index in [4.69, 9.17) is 37.9 Å². The topological polar surface area (TPSA) is 131 Å². The third-order valence-corrected chi connectivity index (χ3v) is 5.13. The minimum absolute atomic E-state index is 0.0385. The first-order chi connectivity index (χ1) is 13.5. The van der Waals surface area contributed by atoms with Gasteiger partial charge in [-0.1, -0.05) is 0 Å². The molecule has 2 saturated heterocycles. The molecule has 11 nitrogen and oxygen atoms in total. The van der Waals surface area contributed by atoms with Gasteiger partial charge in [-0.25, -0.2) is 4.79 Å². The Morgan fingerprint density at radius 2 is 1.50 bits per heavy atom. The Labute approximate surface area is 163 Å². The molecule has 0 bridgehead atoms. The van der Waals surface area contributed by atoms with Gasteiger partial charge in [0.2, 0.25) is 0 Å². The van der Waals surface area contributed by atoms with Crippen LogP contribution in [-0.4, -0.2) is 120 Å². The lowest BCUT2D eigenvalue weighted by molar-refractivity contribution is -0.342. The standard InChI is InChI=1S/C17H30O11/c1-21-9-7-26-14(16(19)20)13(11(9)23-3)28-17-15(25-5)12(24-4)10(22-2)8(6-18)27-17/h8-15,17-18H,6-7H2,1-5H3,(H,19,20)/t8?,9?,10-,11?,12?,13+,14?,15?,17-/m0/s1. The zero-order valence-corrected chi connectivity index (χ0v) is 16.7. The molecule has 0 aromatic heterocycles. The van der Waals surface area contributed by atoms with E-state index < -0.39 is 61.1 Å². The number of carbonyl (C=O) groups is 1. The molecule has 2 aliphatic rings. The van der Waals surface area contributed by atoms with Crippen molar-refractivity contribution in [3.8, 4) is 0 Å². The molecule has 2 aliphatic heterocycles. The van der Waals surface area contributed by atoms with Crippen LogP contribution in [0.15, 0.2) is 0 Å². The van der Waals surface area contributed by atoms with E-state index in [0.29, 0.717) is 0 Å². The van der Waals surface area contributed by atoms with Crippen LogP contribution in [0, 0.1) is 0 Å². The summed E-state index contributed by atoms with van der Waals surface area (Å²) in [5, 5.41) is 19.2. The van der Waals surface area contributed by atoms with E-state index in [1.54, 1.807) is 0 Å². The number of aliphatic carboxylic acids is 1. The largest absolute Gasteiger partial charge is 0.479 e. The molecule has 28 heavy (non-hydrogen) atoms. The maximum atomic E-state index is 11.7. The summed E-state index contributed by atoms with van der Waals surface area (Å²) in [5.41, 5.74) is 0. The summed E-state index contributed by atoms with van der Waals surface area (Å²) >= 11 is 0. The lowest BCUT2D eigenvalue weighted by atomic mass is 9.96. The van der Waals surface area contributed by atoms with Crippen LogP contribution >= 0.6 is 0 Å². The first-order valence-corrected chi connectivity index (χ1v) is 8.87. The zero-order valence-electron chi connectivity index (χ0n) is 16.7. The van der Waals surface area contributed by atoms with Gasteiger partial charge in [0.05, 0.1) is 13.2 Å². The van der Waals surface area contributed by atoms with Gasteiger partial charge in [0.25, 0.3) is 0 Å². The van der Waals surface area contributed by atoms with Gasteiger partial charge in [0, 0.05) is 35.5 Å². The van der Waals surface area contributed by atoms with Crippen LogP contribution < -0.4 is 0 Å². The molecular weight excluding hydrogens is 380 g/mol. The molecule has 2 rings (SSSR count). The van der Waals surface area contributed by atoms with Crippen LogP contribution in [0.3, 0.4) is 0 Å². The predicted molar refractivity (Wildman–Crippen MR) is 92.0 cm³/mol. The summed E-state index contributed by atoms with van der Waals surface area (Å²) in [5.74, 6) is -1.21. The van der Waals surface area contributed by atoms with E-state index in [2.05, 4.69) is 0 Å². The second-order valence-electron chi connectivity index (χ2n) is 6.49. The van der Waals surface area contributed by atoms with E-state index >= 15 is 0 Å². The highest BCUT2D eigenvalue weighted by Gasteiger charge is 2.52. The smallest absolute Gasteiger partial charge is 0.335 e. The summed E-state index contributed by atoms with van der Waals surface area (Å²) in [6.07, 6.45) is -7.44. The zero-order chi connectivity index (χ0) is 20.8. The summed E-state index contributed by atoms with van der Waals surface area (Å²) < 4.78 is 44.4. The molecule has 0 saturated carbocycles. The number of methoxy groups -OCH3 is 5. The van der Waals surface area contributed by atoms with Crippen molar-refractivity contribution < 1.29 is 52.9 Å². The molecule has 2 fully saturated rings. The van der Waals surface area contributed by atoms with Gasteiger partial charge in [0.1, 0.15) is 42.7 Å². The van der Waals surface area contributed by atoms with E-state index in [-0.39, 0.29) is 13.2 Å². The van der Waals surface area contributed by atoms with Gasteiger partial charge in [-0.05, 0) is 0 Å². The number of rotatable bonds is 9. The second-order valence-corrected chi connectivity index (χ2v) is 6.49. The summed E-state index contributed by atoms with van der Waals surface area (Å²) in [6.45, 7) is -0.316. The first kappa shape index (κ1) is 23.4. The van der Waals surface area contributed by atoms with Gasteiger partial charge < -0.3 is 48.1 Å². The van der Waals surface area contributed by atoms with Gasteiger partial charge >= 0.3 is 5.97 Å². The van der Waals surface area contributed by atoms with E-state index in [1.165, 1.54) is 35.5 Å². The molecule has 11 heteroatoms. The molecule has 6 unspecified atom stereocenters. The SMILES string of the molecule is COC1COC(C(=O)O)[C@H](O[C@@H]2OC(CO)[C@H](OC)C(OC)C2OC)C1OC. The van der Waals surface area contributed by atoms with Gasteiger partial charge in [-0.3, -0.25) is 0 Å². The lowest BCUT2D eigenvalue weighted by Crippen LogP contribution is -2.65. The van der Waals surface area contributed by atoms with Gasteiger partial charge in [-0.15, -0.1) is 0 Å². The average molecular weight is 410 g/mol. The van der Waals surface area contributed by atoms with Crippen LogP contribution in [0.25, 0.3) is 0 Å². The predicted octanol–water partition coefficient (Wildman–Crippen LogP) is -1.35. The number of ether oxygens (including phenoxy) is 8. The number of aliphatic hydroxyl groups excluding tert-OH is 1. The average Bonchev–Trinajstić information content (AvgIpc) is 2.71. The Hall–Kier alpha value is -0.890. The highest BCUT2D eigenvalue weighted by Crippen LogP contribution is 2.31. The molecule has 0 spiro atoms. The van der Waals surface area contributed by atoms with Crippen LogP contribution in [0.5, 0.6) is 0 Å². The number of hydrogen-bond donors (Lipinski definition) is 2. The minimum atomic E-state index is -1.30. The lowest BCUT2D eigenvalue weighted by Gasteiger charge is -2.47. The van der Waals surface area contributed by atoms with Crippen molar-refractivity contribution >= 4 is 5.97 Å². The normalized spacial score (nSPS) is 41.7.